The Kier molecular flexibility index (Phi) is 4.25. The van der Waals surface area contributed by atoms with E-state index in [1.54, 1.807) is 0 Å². The van der Waals surface area contributed by atoms with Crippen LogP contribution < -0.4 is 5.73 Å². The number of ether oxygens (including phenoxy) is 1. The van der Waals surface area contributed by atoms with Gasteiger partial charge in [-0.3, -0.25) is 4.90 Å². The second-order valence-corrected chi connectivity index (χ2v) is 5.38. The Balaban J connectivity index is 2.05. The van der Waals surface area contributed by atoms with Crippen molar-refractivity contribution in [3.63, 3.8) is 0 Å². The average Bonchev–Trinajstić information content (AvgIpc) is 2.39. The van der Waals surface area contributed by atoms with Crippen molar-refractivity contribution in [3.8, 4) is 0 Å². The van der Waals surface area contributed by atoms with Crippen LogP contribution in [0.1, 0.15) is 31.9 Å². The molecule has 3 nitrogen and oxygen atoms in total. The summed E-state index contributed by atoms with van der Waals surface area (Å²) < 4.78 is 5.58. The second kappa shape index (κ2) is 5.72. The molecule has 0 amide bonds. The molecule has 1 heterocycles. The third-order valence-corrected chi connectivity index (χ3v) is 4.19. The highest BCUT2D eigenvalue weighted by Crippen LogP contribution is 2.28. The van der Waals surface area contributed by atoms with Crippen LogP contribution in [0.15, 0.2) is 24.3 Å². The number of methoxy groups -OCH3 is 1. The smallest absolute Gasteiger partial charge is 0.0724 e. The first-order valence-corrected chi connectivity index (χ1v) is 6.74. The molecule has 1 saturated heterocycles. The predicted octanol–water partition coefficient (Wildman–Crippen LogP) is 2.69. The number of nitrogens with two attached hydrogens (primary N) is 1. The lowest BCUT2D eigenvalue weighted by Gasteiger charge is -2.39. The normalized spacial score (nSPS) is 27.1. The molecule has 0 spiro atoms. The van der Waals surface area contributed by atoms with Gasteiger partial charge in [-0.05, 0) is 43.5 Å². The first-order valence-electron chi connectivity index (χ1n) is 6.74. The molecule has 100 valence electrons. The zero-order chi connectivity index (χ0) is 13.1. The zero-order valence-corrected chi connectivity index (χ0v) is 11.6. The number of nitrogens with zero attached hydrogens (tertiary/aromatic N) is 1. The van der Waals surface area contributed by atoms with E-state index in [0.717, 1.165) is 18.8 Å². The predicted molar refractivity (Wildman–Crippen MR) is 75.4 cm³/mol. The molecule has 0 aromatic heterocycles. The Hall–Kier alpha value is -1.06. The molecule has 3 heteroatoms. The van der Waals surface area contributed by atoms with Crippen molar-refractivity contribution in [2.75, 3.05) is 25.9 Å². The molecule has 3 atom stereocenters. The summed E-state index contributed by atoms with van der Waals surface area (Å²) in [6.07, 6.45) is 1.56. The zero-order valence-electron chi connectivity index (χ0n) is 11.6. The van der Waals surface area contributed by atoms with Gasteiger partial charge in [0, 0.05) is 25.4 Å². The van der Waals surface area contributed by atoms with Gasteiger partial charge in [-0.2, -0.15) is 0 Å². The number of hydrogen-bond donors (Lipinski definition) is 1. The van der Waals surface area contributed by atoms with E-state index in [9.17, 15) is 0 Å². The van der Waals surface area contributed by atoms with E-state index in [-0.39, 0.29) is 0 Å². The summed E-state index contributed by atoms with van der Waals surface area (Å²) >= 11 is 0. The molecule has 0 radical (unpaired) electrons. The van der Waals surface area contributed by atoms with Gasteiger partial charge in [0.2, 0.25) is 0 Å². The molecule has 18 heavy (non-hydrogen) atoms. The number of rotatable bonds is 3. The van der Waals surface area contributed by atoms with E-state index in [4.69, 9.17) is 10.5 Å². The SMILES string of the molecule is COC1CN(C(C)c2ccc(N)cc2)CCC1C. The lowest BCUT2D eigenvalue weighted by atomic mass is 9.93. The number of piperidine rings is 1. The minimum Gasteiger partial charge on any atom is -0.399 e. The van der Waals surface area contributed by atoms with Crippen molar-refractivity contribution in [2.24, 2.45) is 5.92 Å². The largest absolute Gasteiger partial charge is 0.399 e. The molecular formula is C15H24N2O. The van der Waals surface area contributed by atoms with Crippen molar-refractivity contribution in [1.29, 1.82) is 0 Å². The maximum Gasteiger partial charge on any atom is 0.0724 e. The van der Waals surface area contributed by atoms with E-state index >= 15 is 0 Å². The molecule has 1 aliphatic rings. The van der Waals surface area contributed by atoms with E-state index in [2.05, 4.69) is 30.9 Å². The van der Waals surface area contributed by atoms with Crippen molar-refractivity contribution in [2.45, 2.75) is 32.4 Å². The van der Waals surface area contributed by atoms with Crippen LogP contribution in [0.5, 0.6) is 0 Å². The summed E-state index contributed by atoms with van der Waals surface area (Å²) in [6, 6.07) is 8.63. The van der Waals surface area contributed by atoms with E-state index in [0.29, 0.717) is 18.1 Å². The molecule has 1 aliphatic heterocycles. The molecule has 1 aromatic carbocycles. The van der Waals surface area contributed by atoms with Crippen LogP contribution in [0.4, 0.5) is 5.69 Å². The van der Waals surface area contributed by atoms with Crippen molar-refractivity contribution >= 4 is 5.69 Å². The van der Waals surface area contributed by atoms with Crippen molar-refractivity contribution < 1.29 is 4.74 Å². The molecule has 2 N–H and O–H groups in total. The number of hydrogen-bond acceptors (Lipinski definition) is 3. The lowest BCUT2D eigenvalue weighted by Crippen LogP contribution is -2.44. The second-order valence-electron chi connectivity index (χ2n) is 5.38. The van der Waals surface area contributed by atoms with E-state index in [1.165, 1.54) is 12.0 Å². The Morgan fingerprint density at radius 3 is 2.61 bits per heavy atom. The third kappa shape index (κ3) is 2.85. The highest BCUT2D eigenvalue weighted by Gasteiger charge is 2.28. The summed E-state index contributed by atoms with van der Waals surface area (Å²) in [4.78, 5) is 2.50. The van der Waals surface area contributed by atoms with Gasteiger partial charge in [0.1, 0.15) is 0 Å². The highest BCUT2D eigenvalue weighted by atomic mass is 16.5. The minimum absolute atomic E-state index is 0.356. The van der Waals surface area contributed by atoms with Crippen LogP contribution in [-0.4, -0.2) is 31.2 Å². The van der Waals surface area contributed by atoms with Gasteiger partial charge >= 0.3 is 0 Å². The van der Waals surface area contributed by atoms with Gasteiger partial charge in [-0.1, -0.05) is 19.1 Å². The maximum atomic E-state index is 5.73. The molecule has 1 aromatic rings. The van der Waals surface area contributed by atoms with Gasteiger partial charge in [-0.15, -0.1) is 0 Å². The first kappa shape index (κ1) is 13.4. The Labute approximate surface area is 110 Å². The summed E-state index contributed by atoms with van der Waals surface area (Å²) in [6.45, 7) is 6.70. The van der Waals surface area contributed by atoms with Crippen LogP contribution in [0.2, 0.25) is 0 Å². The van der Waals surface area contributed by atoms with Crippen LogP contribution in [-0.2, 0) is 4.74 Å². The topological polar surface area (TPSA) is 38.5 Å². The van der Waals surface area contributed by atoms with Crippen molar-refractivity contribution in [1.82, 2.24) is 4.90 Å². The highest BCUT2D eigenvalue weighted by molar-refractivity contribution is 5.40. The molecule has 0 saturated carbocycles. The van der Waals surface area contributed by atoms with Crippen LogP contribution >= 0.6 is 0 Å². The summed E-state index contributed by atoms with van der Waals surface area (Å²) in [5.41, 5.74) is 7.89. The maximum absolute atomic E-state index is 5.73. The fourth-order valence-corrected chi connectivity index (χ4v) is 2.70. The summed E-state index contributed by atoms with van der Waals surface area (Å²) in [7, 11) is 1.82. The quantitative estimate of drug-likeness (QED) is 0.836. The average molecular weight is 248 g/mol. The fraction of sp³-hybridized carbons (Fsp3) is 0.600. The molecule has 0 bridgehead atoms. The van der Waals surface area contributed by atoms with Gasteiger partial charge in [0.25, 0.3) is 0 Å². The molecule has 2 rings (SSSR count). The van der Waals surface area contributed by atoms with E-state index in [1.807, 2.05) is 19.2 Å². The Morgan fingerprint density at radius 2 is 2.00 bits per heavy atom. The van der Waals surface area contributed by atoms with Crippen molar-refractivity contribution in [3.05, 3.63) is 29.8 Å². The number of anilines is 1. The number of likely N-dealkylation sites (tertiary alicyclic amines) is 1. The lowest BCUT2D eigenvalue weighted by molar-refractivity contribution is -0.0170. The third-order valence-electron chi connectivity index (χ3n) is 4.19. The Morgan fingerprint density at radius 1 is 1.33 bits per heavy atom. The summed E-state index contributed by atoms with van der Waals surface area (Å²) in [5.74, 6) is 0.657. The molecular weight excluding hydrogens is 224 g/mol. The van der Waals surface area contributed by atoms with Gasteiger partial charge < -0.3 is 10.5 Å². The minimum atomic E-state index is 0.356. The van der Waals surface area contributed by atoms with Crippen LogP contribution in [0.3, 0.4) is 0 Å². The standard InChI is InChI=1S/C15H24N2O/c1-11-8-9-17(10-15(11)18-3)12(2)13-4-6-14(16)7-5-13/h4-7,11-12,15H,8-10,16H2,1-3H3. The van der Waals surface area contributed by atoms with Gasteiger partial charge in [0.05, 0.1) is 6.10 Å². The van der Waals surface area contributed by atoms with Crippen LogP contribution in [0, 0.1) is 5.92 Å². The first-order chi connectivity index (χ1) is 8.61. The number of benzene rings is 1. The monoisotopic (exact) mass is 248 g/mol. The molecule has 0 aliphatic carbocycles. The van der Waals surface area contributed by atoms with Crippen LogP contribution in [0.25, 0.3) is 0 Å². The fourth-order valence-electron chi connectivity index (χ4n) is 2.70. The van der Waals surface area contributed by atoms with Gasteiger partial charge in [0.15, 0.2) is 0 Å². The summed E-state index contributed by atoms with van der Waals surface area (Å²) in [5, 5.41) is 0. The van der Waals surface area contributed by atoms with Gasteiger partial charge in [-0.25, -0.2) is 0 Å². The molecule has 1 fully saturated rings. The number of nitrogen functional groups attached to an aromatic ring is 1. The van der Waals surface area contributed by atoms with E-state index < -0.39 is 0 Å². The molecule has 3 unspecified atom stereocenters. The Bertz CT molecular complexity index is 377.